The van der Waals surface area contributed by atoms with Crippen LogP contribution in [0.3, 0.4) is 0 Å². The lowest BCUT2D eigenvalue weighted by Crippen LogP contribution is -2.30. The molecule has 0 spiro atoms. The summed E-state index contributed by atoms with van der Waals surface area (Å²) in [6.45, 7) is 4.56. The lowest BCUT2D eigenvalue weighted by Gasteiger charge is -2.21. The molecule has 1 N–H and O–H groups in total. The Morgan fingerprint density at radius 2 is 1.94 bits per heavy atom. The second kappa shape index (κ2) is 7.73. The van der Waals surface area contributed by atoms with Gasteiger partial charge in [0.2, 0.25) is 0 Å². The van der Waals surface area contributed by atoms with E-state index in [4.69, 9.17) is 11.6 Å². The smallest absolute Gasteiger partial charge is 0.0408 e. The van der Waals surface area contributed by atoms with Gasteiger partial charge in [0.15, 0.2) is 0 Å². The summed E-state index contributed by atoms with van der Waals surface area (Å²) in [6.07, 6.45) is 4.85. The molecule has 0 radical (unpaired) electrons. The predicted octanol–water partition coefficient (Wildman–Crippen LogP) is 4.30. The average molecular weight is 254 g/mol. The molecule has 0 heterocycles. The number of nitrogens with one attached hydrogen (secondary N) is 1. The van der Waals surface area contributed by atoms with Crippen molar-refractivity contribution in [3.8, 4) is 0 Å². The van der Waals surface area contributed by atoms with Gasteiger partial charge in [-0.25, -0.2) is 0 Å². The molecule has 0 aliphatic rings. The molecule has 0 aromatic heterocycles. The standard InChI is InChI=1S/C15H24ClN/c1-4-12(5-2)10-15(17-3)11-13-7-6-8-14(16)9-13/h6-9,12,15,17H,4-5,10-11H2,1-3H3. The van der Waals surface area contributed by atoms with E-state index >= 15 is 0 Å². The second-order valence-electron chi connectivity index (χ2n) is 4.74. The third-order valence-corrected chi connectivity index (χ3v) is 3.79. The minimum atomic E-state index is 0.554. The van der Waals surface area contributed by atoms with Crippen LogP contribution in [-0.2, 0) is 6.42 Å². The molecule has 1 aromatic rings. The van der Waals surface area contributed by atoms with Gasteiger partial charge in [0.25, 0.3) is 0 Å². The highest BCUT2D eigenvalue weighted by atomic mass is 35.5. The van der Waals surface area contributed by atoms with Gasteiger partial charge in [-0.15, -0.1) is 0 Å². The van der Waals surface area contributed by atoms with E-state index in [0.29, 0.717) is 6.04 Å². The largest absolute Gasteiger partial charge is 0.317 e. The normalized spacial score (nSPS) is 13.0. The van der Waals surface area contributed by atoms with Gasteiger partial charge < -0.3 is 5.32 Å². The Kier molecular flexibility index (Phi) is 6.61. The average Bonchev–Trinajstić information content (AvgIpc) is 2.34. The highest BCUT2D eigenvalue weighted by Crippen LogP contribution is 2.18. The molecule has 0 saturated carbocycles. The minimum Gasteiger partial charge on any atom is -0.317 e. The molecular formula is C15H24ClN. The number of hydrogen-bond donors (Lipinski definition) is 1. The van der Waals surface area contributed by atoms with Crippen molar-refractivity contribution in [1.29, 1.82) is 0 Å². The van der Waals surface area contributed by atoms with Crippen LogP contribution in [0.1, 0.15) is 38.7 Å². The minimum absolute atomic E-state index is 0.554. The summed E-state index contributed by atoms with van der Waals surface area (Å²) in [5.74, 6) is 0.826. The van der Waals surface area contributed by atoms with Gasteiger partial charge in [-0.3, -0.25) is 0 Å². The molecule has 96 valence electrons. The Bertz CT molecular complexity index is 320. The molecule has 1 nitrogen and oxygen atoms in total. The zero-order valence-corrected chi connectivity index (χ0v) is 11.9. The molecule has 0 aliphatic heterocycles. The van der Waals surface area contributed by atoms with Gasteiger partial charge >= 0.3 is 0 Å². The van der Waals surface area contributed by atoms with E-state index in [-0.39, 0.29) is 0 Å². The van der Waals surface area contributed by atoms with Crippen LogP contribution < -0.4 is 5.32 Å². The maximum absolute atomic E-state index is 6.01. The van der Waals surface area contributed by atoms with E-state index in [0.717, 1.165) is 17.4 Å². The van der Waals surface area contributed by atoms with Crippen molar-refractivity contribution in [2.24, 2.45) is 5.92 Å². The zero-order valence-electron chi connectivity index (χ0n) is 11.2. The first kappa shape index (κ1) is 14.5. The van der Waals surface area contributed by atoms with Gasteiger partial charge in [0.05, 0.1) is 0 Å². The Morgan fingerprint density at radius 1 is 1.24 bits per heavy atom. The van der Waals surface area contributed by atoms with Crippen molar-refractivity contribution in [3.63, 3.8) is 0 Å². The molecule has 0 bridgehead atoms. The van der Waals surface area contributed by atoms with Crippen LogP contribution in [0.5, 0.6) is 0 Å². The number of rotatable bonds is 7. The summed E-state index contributed by atoms with van der Waals surface area (Å²) in [4.78, 5) is 0. The van der Waals surface area contributed by atoms with E-state index < -0.39 is 0 Å². The summed E-state index contributed by atoms with van der Waals surface area (Å²) < 4.78 is 0. The Balaban J connectivity index is 2.57. The van der Waals surface area contributed by atoms with Gasteiger partial charge in [-0.1, -0.05) is 50.4 Å². The topological polar surface area (TPSA) is 12.0 Å². The first-order chi connectivity index (χ1) is 8.19. The number of benzene rings is 1. The van der Waals surface area contributed by atoms with E-state index in [1.54, 1.807) is 0 Å². The van der Waals surface area contributed by atoms with Crippen molar-refractivity contribution in [1.82, 2.24) is 5.32 Å². The Morgan fingerprint density at radius 3 is 2.47 bits per heavy atom. The summed E-state index contributed by atoms with van der Waals surface area (Å²) in [6, 6.07) is 8.74. The molecule has 1 aromatic carbocycles. The summed E-state index contributed by atoms with van der Waals surface area (Å²) >= 11 is 6.01. The van der Waals surface area contributed by atoms with E-state index in [2.05, 4.69) is 38.3 Å². The van der Waals surface area contributed by atoms with E-state index in [1.165, 1.54) is 24.8 Å². The van der Waals surface area contributed by atoms with Crippen LogP contribution in [-0.4, -0.2) is 13.1 Å². The quantitative estimate of drug-likeness (QED) is 0.764. The Labute approximate surface area is 111 Å². The van der Waals surface area contributed by atoms with Crippen molar-refractivity contribution in [2.45, 2.75) is 45.6 Å². The third-order valence-electron chi connectivity index (χ3n) is 3.55. The highest BCUT2D eigenvalue weighted by molar-refractivity contribution is 6.30. The van der Waals surface area contributed by atoms with E-state index in [1.807, 2.05) is 12.1 Å². The van der Waals surface area contributed by atoms with Crippen LogP contribution >= 0.6 is 11.6 Å². The fourth-order valence-electron chi connectivity index (χ4n) is 2.28. The molecule has 1 unspecified atom stereocenters. The summed E-state index contributed by atoms with van der Waals surface area (Å²) in [5, 5.41) is 4.26. The third kappa shape index (κ3) is 5.10. The molecule has 17 heavy (non-hydrogen) atoms. The van der Waals surface area contributed by atoms with Crippen molar-refractivity contribution >= 4 is 11.6 Å². The van der Waals surface area contributed by atoms with Crippen molar-refractivity contribution in [3.05, 3.63) is 34.9 Å². The lowest BCUT2D eigenvalue weighted by atomic mass is 9.91. The second-order valence-corrected chi connectivity index (χ2v) is 5.17. The SMILES string of the molecule is CCC(CC)CC(Cc1cccc(Cl)c1)NC. The number of hydrogen-bond acceptors (Lipinski definition) is 1. The van der Waals surface area contributed by atoms with Gasteiger partial charge in [-0.05, 0) is 43.5 Å². The van der Waals surface area contributed by atoms with Crippen LogP contribution in [0.25, 0.3) is 0 Å². The van der Waals surface area contributed by atoms with Crippen LogP contribution in [0.2, 0.25) is 5.02 Å². The molecule has 0 aliphatic carbocycles. The number of halogens is 1. The maximum atomic E-state index is 6.01. The molecule has 1 atom stereocenters. The first-order valence-corrected chi connectivity index (χ1v) is 6.99. The van der Waals surface area contributed by atoms with Gasteiger partial charge in [0.1, 0.15) is 0 Å². The lowest BCUT2D eigenvalue weighted by molar-refractivity contribution is 0.377. The summed E-state index contributed by atoms with van der Waals surface area (Å²) in [7, 11) is 2.05. The van der Waals surface area contributed by atoms with Crippen molar-refractivity contribution < 1.29 is 0 Å². The fraction of sp³-hybridized carbons (Fsp3) is 0.600. The molecule has 0 amide bonds. The number of likely N-dealkylation sites (N-methyl/N-ethyl adjacent to an activating group) is 1. The summed E-state index contributed by atoms with van der Waals surface area (Å²) in [5.41, 5.74) is 1.32. The first-order valence-electron chi connectivity index (χ1n) is 6.61. The fourth-order valence-corrected chi connectivity index (χ4v) is 2.49. The molecule has 0 saturated heterocycles. The van der Waals surface area contributed by atoms with Crippen LogP contribution in [0.4, 0.5) is 0 Å². The molecule has 1 rings (SSSR count). The zero-order chi connectivity index (χ0) is 12.7. The molecule has 0 fully saturated rings. The van der Waals surface area contributed by atoms with Crippen LogP contribution in [0, 0.1) is 5.92 Å². The Hall–Kier alpha value is -0.530. The maximum Gasteiger partial charge on any atom is 0.0408 e. The molecule has 2 heteroatoms. The van der Waals surface area contributed by atoms with Gasteiger partial charge in [0, 0.05) is 11.1 Å². The monoisotopic (exact) mass is 253 g/mol. The molecular weight excluding hydrogens is 230 g/mol. The van der Waals surface area contributed by atoms with E-state index in [9.17, 15) is 0 Å². The predicted molar refractivity (Wildman–Crippen MR) is 76.7 cm³/mol. The highest BCUT2D eigenvalue weighted by Gasteiger charge is 2.13. The van der Waals surface area contributed by atoms with Crippen LogP contribution in [0.15, 0.2) is 24.3 Å². The van der Waals surface area contributed by atoms with Gasteiger partial charge in [-0.2, -0.15) is 0 Å². The van der Waals surface area contributed by atoms with Crippen molar-refractivity contribution in [2.75, 3.05) is 7.05 Å².